The highest BCUT2D eigenvalue weighted by Crippen LogP contribution is 2.21. The monoisotopic (exact) mass is 344 g/mol. The summed E-state index contributed by atoms with van der Waals surface area (Å²) in [5, 5.41) is 17.6. The van der Waals surface area contributed by atoms with E-state index in [1.807, 2.05) is 25.4 Å². The van der Waals surface area contributed by atoms with E-state index in [4.69, 9.17) is 0 Å². The molecule has 3 aromatic rings. The first kappa shape index (κ1) is 17.2. The summed E-state index contributed by atoms with van der Waals surface area (Å²) < 4.78 is 28.3. The lowest BCUT2D eigenvalue weighted by Gasteiger charge is -2.13. The molecule has 0 saturated carbocycles. The van der Waals surface area contributed by atoms with E-state index in [2.05, 4.69) is 15.4 Å². The van der Waals surface area contributed by atoms with Crippen LogP contribution < -0.4 is 5.32 Å². The molecule has 0 radical (unpaired) electrons. The van der Waals surface area contributed by atoms with Gasteiger partial charge in [-0.25, -0.2) is 8.78 Å². The van der Waals surface area contributed by atoms with Crippen LogP contribution in [0.15, 0.2) is 48.9 Å². The number of hydrogen-bond acceptors (Lipinski definition) is 4. The molecule has 2 aromatic heterocycles. The molecule has 25 heavy (non-hydrogen) atoms. The van der Waals surface area contributed by atoms with Crippen LogP contribution in [0.2, 0.25) is 0 Å². The summed E-state index contributed by atoms with van der Waals surface area (Å²) in [6.45, 7) is 0.571. The number of halogens is 2. The number of aryl methyl sites for hydroxylation is 1. The summed E-state index contributed by atoms with van der Waals surface area (Å²) in [5.41, 5.74) is 2.69. The molecule has 1 atom stereocenters. The zero-order chi connectivity index (χ0) is 17.8. The van der Waals surface area contributed by atoms with Crippen LogP contribution in [0.3, 0.4) is 0 Å². The van der Waals surface area contributed by atoms with Crippen LogP contribution in [0, 0.1) is 11.6 Å². The number of pyridine rings is 1. The fraction of sp³-hybridized carbons (Fsp3) is 0.222. The molecule has 0 aliphatic rings. The molecule has 0 unspecified atom stereocenters. The Morgan fingerprint density at radius 2 is 2.12 bits per heavy atom. The van der Waals surface area contributed by atoms with Crippen molar-refractivity contribution in [3.63, 3.8) is 0 Å². The van der Waals surface area contributed by atoms with E-state index in [1.54, 1.807) is 17.1 Å². The van der Waals surface area contributed by atoms with E-state index in [1.165, 1.54) is 6.07 Å². The van der Waals surface area contributed by atoms with E-state index in [-0.39, 0.29) is 12.1 Å². The third kappa shape index (κ3) is 4.07. The van der Waals surface area contributed by atoms with Gasteiger partial charge in [0.05, 0.1) is 11.8 Å². The summed E-state index contributed by atoms with van der Waals surface area (Å²) >= 11 is 0. The van der Waals surface area contributed by atoms with Crippen molar-refractivity contribution in [2.24, 2.45) is 7.05 Å². The maximum Gasteiger partial charge on any atom is 0.131 e. The van der Waals surface area contributed by atoms with Gasteiger partial charge in [0, 0.05) is 61.5 Å². The molecule has 0 bridgehead atoms. The summed E-state index contributed by atoms with van der Waals surface area (Å²) in [5.74, 6) is -1.43. The molecule has 0 spiro atoms. The predicted molar refractivity (Wildman–Crippen MR) is 89.5 cm³/mol. The molecule has 1 aromatic carbocycles. The Morgan fingerprint density at radius 1 is 1.28 bits per heavy atom. The van der Waals surface area contributed by atoms with Crippen LogP contribution in [0.5, 0.6) is 0 Å². The van der Waals surface area contributed by atoms with Crippen LogP contribution >= 0.6 is 0 Å². The maximum atomic E-state index is 13.7. The zero-order valence-corrected chi connectivity index (χ0v) is 13.7. The normalized spacial score (nSPS) is 12.3. The molecule has 3 rings (SSSR count). The topological polar surface area (TPSA) is 63.0 Å². The lowest BCUT2D eigenvalue weighted by Crippen LogP contribution is -2.22. The van der Waals surface area contributed by atoms with Crippen LogP contribution in [0.1, 0.15) is 17.2 Å². The first-order valence-electron chi connectivity index (χ1n) is 7.81. The number of aliphatic hydroxyl groups excluding tert-OH is 1. The van der Waals surface area contributed by atoms with Gasteiger partial charge in [-0.1, -0.05) is 6.07 Å². The number of benzene rings is 1. The fourth-order valence-corrected chi connectivity index (χ4v) is 2.64. The fourth-order valence-electron chi connectivity index (χ4n) is 2.64. The quantitative estimate of drug-likeness (QED) is 0.721. The second kappa shape index (κ2) is 7.50. The van der Waals surface area contributed by atoms with Crippen molar-refractivity contribution in [2.45, 2.75) is 12.6 Å². The van der Waals surface area contributed by atoms with Gasteiger partial charge < -0.3 is 10.4 Å². The predicted octanol–water partition coefficient (Wildman–Crippen LogP) is 2.58. The minimum Gasteiger partial charge on any atom is -0.387 e. The maximum absolute atomic E-state index is 13.7. The van der Waals surface area contributed by atoms with Gasteiger partial charge in [-0.3, -0.25) is 9.67 Å². The van der Waals surface area contributed by atoms with E-state index in [0.717, 1.165) is 29.0 Å². The molecule has 0 aliphatic carbocycles. The van der Waals surface area contributed by atoms with Crippen molar-refractivity contribution in [2.75, 3.05) is 6.54 Å². The largest absolute Gasteiger partial charge is 0.387 e. The van der Waals surface area contributed by atoms with E-state index in [9.17, 15) is 13.9 Å². The minimum absolute atomic E-state index is 0.0626. The number of nitrogens with zero attached hydrogens (tertiary/aromatic N) is 3. The lowest BCUT2D eigenvalue weighted by molar-refractivity contribution is 0.169. The molecule has 130 valence electrons. The molecule has 2 N–H and O–H groups in total. The van der Waals surface area contributed by atoms with Gasteiger partial charge in [-0.2, -0.15) is 5.10 Å². The Hall–Kier alpha value is -2.64. The molecule has 7 heteroatoms. The average molecular weight is 344 g/mol. The molecule has 5 nitrogen and oxygen atoms in total. The number of nitrogens with one attached hydrogen (secondary N) is 1. The summed E-state index contributed by atoms with van der Waals surface area (Å²) in [7, 11) is 1.83. The Kier molecular flexibility index (Phi) is 5.16. The van der Waals surface area contributed by atoms with Gasteiger partial charge in [0.2, 0.25) is 0 Å². The number of aliphatic hydroxyl groups is 1. The summed E-state index contributed by atoms with van der Waals surface area (Å²) in [4.78, 5) is 4.09. The Balaban J connectivity index is 1.66. The summed E-state index contributed by atoms with van der Waals surface area (Å²) in [6.07, 6.45) is 4.23. The van der Waals surface area contributed by atoms with Crippen molar-refractivity contribution in [1.82, 2.24) is 20.1 Å². The van der Waals surface area contributed by atoms with Crippen LogP contribution in [0.4, 0.5) is 8.78 Å². The van der Waals surface area contributed by atoms with Gasteiger partial charge in [-0.15, -0.1) is 0 Å². The third-order valence-corrected chi connectivity index (χ3v) is 3.81. The van der Waals surface area contributed by atoms with Crippen molar-refractivity contribution in [3.05, 3.63) is 71.7 Å². The molecular weight excluding hydrogens is 326 g/mol. The minimum atomic E-state index is -1.07. The first-order chi connectivity index (χ1) is 12.0. The molecule has 0 saturated heterocycles. The number of rotatable bonds is 6. The second-order valence-corrected chi connectivity index (χ2v) is 5.73. The van der Waals surface area contributed by atoms with Gasteiger partial charge in [-0.05, 0) is 18.2 Å². The van der Waals surface area contributed by atoms with Gasteiger partial charge >= 0.3 is 0 Å². The average Bonchev–Trinajstić information content (AvgIpc) is 2.96. The highest BCUT2D eigenvalue weighted by molar-refractivity contribution is 5.61. The van der Waals surface area contributed by atoms with Gasteiger partial charge in [0.1, 0.15) is 11.6 Å². The SMILES string of the molecule is Cn1cc(CNC[C@@H](O)c2ccc(F)cc2F)c(-c2cccnc2)n1. The van der Waals surface area contributed by atoms with Crippen molar-refractivity contribution >= 4 is 0 Å². The Bertz CT molecular complexity index is 852. The molecule has 0 fully saturated rings. The Labute approximate surface area is 144 Å². The van der Waals surface area contributed by atoms with Crippen LogP contribution in [0.25, 0.3) is 11.3 Å². The van der Waals surface area contributed by atoms with Gasteiger partial charge in [0.15, 0.2) is 0 Å². The molecular formula is C18H18F2N4O. The third-order valence-electron chi connectivity index (χ3n) is 3.81. The molecule has 0 aliphatic heterocycles. The van der Waals surface area contributed by atoms with Gasteiger partial charge in [0.25, 0.3) is 0 Å². The van der Waals surface area contributed by atoms with E-state index < -0.39 is 17.7 Å². The zero-order valence-electron chi connectivity index (χ0n) is 13.7. The second-order valence-electron chi connectivity index (χ2n) is 5.73. The highest BCUT2D eigenvalue weighted by Gasteiger charge is 2.15. The van der Waals surface area contributed by atoms with E-state index in [0.29, 0.717) is 6.54 Å². The highest BCUT2D eigenvalue weighted by atomic mass is 19.1. The van der Waals surface area contributed by atoms with Crippen molar-refractivity contribution in [3.8, 4) is 11.3 Å². The number of hydrogen-bond donors (Lipinski definition) is 2. The van der Waals surface area contributed by atoms with E-state index >= 15 is 0 Å². The number of aromatic nitrogens is 3. The van der Waals surface area contributed by atoms with Crippen LogP contribution in [-0.2, 0) is 13.6 Å². The summed E-state index contributed by atoms with van der Waals surface area (Å²) in [6, 6.07) is 6.90. The van der Waals surface area contributed by atoms with Crippen LogP contribution in [-0.4, -0.2) is 26.4 Å². The van der Waals surface area contributed by atoms with Crippen molar-refractivity contribution < 1.29 is 13.9 Å². The molecule has 2 heterocycles. The molecule has 0 amide bonds. The lowest BCUT2D eigenvalue weighted by atomic mass is 10.1. The van der Waals surface area contributed by atoms with Crippen molar-refractivity contribution in [1.29, 1.82) is 0 Å². The standard InChI is InChI=1S/C18H18F2N4O/c1-24-11-13(18(23-24)12-3-2-6-21-8-12)9-22-10-17(25)15-5-4-14(19)7-16(15)20/h2-8,11,17,22,25H,9-10H2,1H3/t17-/m1/s1. The first-order valence-corrected chi connectivity index (χ1v) is 7.81. The Morgan fingerprint density at radius 3 is 2.84 bits per heavy atom. The smallest absolute Gasteiger partial charge is 0.131 e.